The summed E-state index contributed by atoms with van der Waals surface area (Å²) in [4.78, 5) is 37.3. The van der Waals surface area contributed by atoms with Crippen molar-refractivity contribution in [3.05, 3.63) is 40.4 Å². The third-order valence-corrected chi connectivity index (χ3v) is 7.66. The second-order valence-corrected chi connectivity index (χ2v) is 11.9. The Bertz CT molecular complexity index is 1410. The molecule has 1 saturated heterocycles. The van der Waals surface area contributed by atoms with E-state index in [2.05, 4.69) is 30.7 Å². The summed E-state index contributed by atoms with van der Waals surface area (Å²) >= 11 is 1.08. The molecule has 2 aliphatic rings. The molecular weight excluding hydrogens is 578 g/mol. The van der Waals surface area contributed by atoms with Gasteiger partial charge in [0.1, 0.15) is 24.1 Å². The average molecular weight is 612 g/mol. The first kappa shape index (κ1) is 30.6. The first-order valence-electron chi connectivity index (χ1n) is 12.8. The third kappa shape index (κ3) is 7.49. The lowest BCUT2D eigenvalue weighted by Gasteiger charge is -2.50. The average Bonchev–Trinajstić information content (AvgIpc) is 3.35. The summed E-state index contributed by atoms with van der Waals surface area (Å²) in [6, 6.07) is 4.79. The predicted octanol–water partition coefficient (Wildman–Crippen LogP) is 0.0719. The van der Waals surface area contributed by atoms with Crippen molar-refractivity contribution < 1.29 is 36.4 Å². The normalized spacial score (nSPS) is 18.9. The van der Waals surface area contributed by atoms with Gasteiger partial charge in [0.15, 0.2) is 17.5 Å². The second-order valence-electron chi connectivity index (χ2n) is 9.99. The van der Waals surface area contributed by atoms with Crippen molar-refractivity contribution in [2.75, 3.05) is 38.6 Å². The van der Waals surface area contributed by atoms with Crippen LogP contribution in [0.25, 0.3) is 0 Å². The molecule has 15 nitrogen and oxygen atoms in total. The van der Waals surface area contributed by atoms with Crippen LogP contribution in [0.3, 0.4) is 0 Å². The number of rotatable bonds is 13. The number of carbonyl (C=O) groups is 2. The van der Waals surface area contributed by atoms with Gasteiger partial charge in [0.25, 0.3) is 11.8 Å². The molecule has 1 aromatic heterocycles. The molecule has 224 valence electrons. The number of oxime groups is 1. The molecule has 0 unspecified atom stereocenters. The lowest BCUT2D eigenvalue weighted by atomic mass is 9.84. The van der Waals surface area contributed by atoms with Crippen LogP contribution >= 0.6 is 11.3 Å². The number of carbonyl (C=O) groups excluding carboxylic acids is 2. The highest BCUT2D eigenvalue weighted by Crippen LogP contribution is 2.33. The molecule has 6 N–H and O–H groups in total. The summed E-state index contributed by atoms with van der Waals surface area (Å²) in [6.45, 7) is 6.54. The Morgan fingerprint density at radius 2 is 2.10 bits per heavy atom. The first-order valence-corrected chi connectivity index (χ1v) is 15.0. The zero-order valence-corrected chi connectivity index (χ0v) is 24.2. The van der Waals surface area contributed by atoms with Crippen molar-refractivity contribution in [2.45, 2.75) is 44.8 Å². The number of hydrogen-bond acceptors (Lipinski definition) is 13. The van der Waals surface area contributed by atoms with E-state index in [1.807, 2.05) is 12.1 Å². The minimum atomic E-state index is -4.94. The number of nitrogens with one attached hydrogen (secondary N) is 1. The Morgan fingerprint density at radius 1 is 1.32 bits per heavy atom. The quantitative estimate of drug-likeness (QED) is 0.0779. The van der Waals surface area contributed by atoms with Crippen molar-refractivity contribution in [3.8, 4) is 5.75 Å². The van der Waals surface area contributed by atoms with Gasteiger partial charge >= 0.3 is 10.4 Å². The number of hydroxylamine groups is 2. The lowest BCUT2D eigenvalue weighted by molar-refractivity contribution is -0.218. The SMILES string of the molecule is CC1(C)[C@H](NC(=O)/C(=N\OCCOc2ccc3c(c2)CCN(CCCN)C3)c2csc(N)n2)C(=O)N1OS(=O)(=O)O. The number of hydrogen-bond donors (Lipinski definition) is 4. The van der Waals surface area contributed by atoms with Crippen LogP contribution in [0.1, 0.15) is 37.1 Å². The van der Waals surface area contributed by atoms with E-state index in [4.69, 9.17) is 25.6 Å². The third-order valence-electron chi connectivity index (χ3n) is 6.65. The molecule has 2 amide bonds. The van der Waals surface area contributed by atoms with Crippen molar-refractivity contribution in [1.29, 1.82) is 0 Å². The van der Waals surface area contributed by atoms with Crippen molar-refractivity contribution >= 4 is 44.4 Å². The number of thiazole rings is 1. The molecule has 1 aromatic carbocycles. The summed E-state index contributed by atoms with van der Waals surface area (Å²) in [5, 5.41) is 8.53. The number of β-lactam (4-membered cyclic amide) rings is 1. The van der Waals surface area contributed by atoms with E-state index in [9.17, 15) is 18.0 Å². The van der Waals surface area contributed by atoms with E-state index in [1.165, 1.54) is 30.4 Å². The molecule has 17 heteroatoms. The van der Waals surface area contributed by atoms with Gasteiger partial charge in [-0.15, -0.1) is 15.6 Å². The summed E-state index contributed by atoms with van der Waals surface area (Å²) < 4.78 is 41.1. The van der Waals surface area contributed by atoms with Gasteiger partial charge in [-0.3, -0.25) is 19.0 Å². The molecule has 1 fully saturated rings. The maximum Gasteiger partial charge on any atom is 0.418 e. The molecule has 2 aliphatic heterocycles. The smallest absolute Gasteiger partial charge is 0.418 e. The molecule has 0 saturated carbocycles. The van der Waals surface area contributed by atoms with E-state index in [1.54, 1.807) is 0 Å². The molecule has 0 spiro atoms. The highest BCUT2D eigenvalue weighted by molar-refractivity contribution is 7.80. The maximum absolute atomic E-state index is 13.1. The minimum Gasteiger partial charge on any atom is -0.490 e. The molecule has 0 radical (unpaired) electrons. The Morgan fingerprint density at radius 3 is 2.76 bits per heavy atom. The molecule has 4 rings (SSSR count). The second kappa shape index (κ2) is 12.7. The topological polar surface area (TPSA) is 212 Å². The number of nitrogens with two attached hydrogens (primary N) is 2. The number of aromatic nitrogens is 1. The van der Waals surface area contributed by atoms with Crippen LogP contribution in [0.4, 0.5) is 5.13 Å². The van der Waals surface area contributed by atoms with Gasteiger partial charge in [-0.1, -0.05) is 11.2 Å². The van der Waals surface area contributed by atoms with Gasteiger partial charge in [-0.05, 0) is 63.0 Å². The molecule has 1 atom stereocenters. The van der Waals surface area contributed by atoms with E-state index >= 15 is 0 Å². The van der Waals surface area contributed by atoms with Gasteiger partial charge in [-0.2, -0.15) is 13.5 Å². The first-order chi connectivity index (χ1) is 19.4. The van der Waals surface area contributed by atoms with E-state index in [-0.39, 0.29) is 29.8 Å². The molecule has 2 aromatic rings. The van der Waals surface area contributed by atoms with E-state index in [0.29, 0.717) is 17.4 Å². The van der Waals surface area contributed by atoms with Crippen molar-refractivity contribution in [2.24, 2.45) is 10.9 Å². The summed E-state index contributed by atoms with van der Waals surface area (Å²) in [5.74, 6) is -1.01. The fourth-order valence-electron chi connectivity index (χ4n) is 4.51. The number of anilines is 1. The predicted molar refractivity (Wildman–Crippen MR) is 149 cm³/mol. The van der Waals surface area contributed by atoms with E-state index < -0.39 is 33.8 Å². The Labute approximate surface area is 241 Å². The number of nitrogen functional groups attached to an aromatic ring is 1. The van der Waals surface area contributed by atoms with Crippen LogP contribution in [0.2, 0.25) is 0 Å². The zero-order chi connectivity index (χ0) is 29.8. The summed E-state index contributed by atoms with van der Waals surface area (Å²) in [7, 11) is -4.94. The number of nitrogens with zero attached hydrogens (tertiary/aromatic N) is 4. The van der Waals surface area contributed by atoms with Crippen molar-refractivity contribution in [3.63, 3.8) is 0 Å². The van der Waals surface area contributed by atoms with Crippen LogP contribution in [0.5, 0.6) is 5.75 Å². The van der Waals surface area contributed by atoms with Gasteiger partial charge in [-0.25, -0.2) is 4.98 Å². The largest absolute Gasteiger partial charge is 0.490 e. The van der Waals surface area contributed by atoms with Crippen LogP contribution in [0, 0.1) is 0 Å². The standard InChI is InChI=1S/C24H33N7O8S2/c1-24(2)20(22(33)31(24)39-41(34,35)36)28-21(32)19(18-14-40-23(26)27-18)29-38-11-10-37-17-5-4-16-13-30(8-3-7-25)9-6-15(16)12-17/h4-5,12,14,20H,3,6-11,13,25H2,1-2H3,(H2,26,27)(H,28,32)(H,34,35,36)/b29-19-/t20-/m1/s1. The highest BCUT2D eigenvalue weighted by atomic mass is 32.3. The van der Waals surface area contributed by atoms with Crippen LogP contribution < -0.4 is 21.5 Å². The zero-order valence-electron chi connectivity index (χ0n) is 22.6. The van der Waals surface area contributed by atoms with Crippen molar-refractivity contribution in [1.82, 2.24) is 20.3 Å². The molecule has 41 heavy (non-hydrogen) atoms. The number of fused-ring (bicyclic) bond motifs is 1. The number of ether oxygens (including phenoxy) is 1. The molecular formula is C24H33N7O8S2. The lowest BCUT2D eigenvalue weighted by Crippen LogP contribution is -2.76. The van der Waals surface area contributed by atoms with E-state index in [0.717, 1.165) is 43.8 Å². The van der Waals surface area contributed by atoms with Crippen LogP contribution in [0.15, 0.2) is 28.7 Å². The number of amides is 2. The summed E-state index contributed by atoms with van der Waals surface area (Å²) in [5.41, 5.74) is 12.4. The van der Waals surface area contributed by atoms with Crippen LogP contribution in [-0.4, -0.2) is 89.9 Å². The Kier molecular flexibility index (Phi) is 9.45. The van der Waals surface area contributed by atoms with Gasteiger partial charge in [0, 0.05) is 18.5 Å². The molecule has 0 bridgehead atoms. The monoisotopic (exact) mass is 611 g/mol. The summed E-state index contributed by atoms with van der Waals surface area (Å²) in [6.07, 6.45) is 1.90. The maximum atomic E-state index is 13.1. The highest BCUT2D eigenvalue weighted by Gasteiger charge is 2.58. The molecule has 3 heterocycles. The van der Waals surface area contributed by atoms with Gasteiger partial charge < -0.3 is 26.4 Å². The Balaban J connectivity index is 1.34. The fourth-order valence-corrected chi connectivity index (χ4v) is 5.51. The minimum absolute atomic E-state index is 0.00415. The van der Waals surface area contributed by atoms with Gasteiger partial charge in [0.05, 0.1) is 5.54 Å². The fraction of sp³-hybridized carbons (Fsp3) is 0.500. The van der Waals surface area contributed by atoms with Gasteiger partial charge in [0.2, 0.25) is 0 Å². The molecule has 0 aliphatic carbocycles. The Hall–Kier alpha value is -3.35. The number of benzene rings is 1. The van der Waals surface area contributed by atoms with Crippen LogP contribution in [-0.2, 0) is 42.1 Å².